The number of benzene rings is 2. The van der Waals surface area contributed by atoms with Crippen molar-refractivity contribution in [2.45, 2.75) is 6.18 Å². The summed E-state index contributed by atoms with van der Waals surface area (Å²) in [5.74, 6) is -0.446. The molecule has 0 aliphatic carbocycles. The molecule has 0 aliphatic rings. The van der Waals surface area contributed by atoms with Gasteiger partial charge in [-0.15, -0.1) is 0 Å². The number of para-hydroxylation sites is 1. The van der Waals surface area contributed by atoms with E-state index in [9.17, 15) is 17.6 Å². The van der Waals surface area contributed by atoms with Crippen molar-refractivity contribution < 1.29 is 17.6 Å². The van der Waals surface area contributed by atoms with Crippen LogP contribution in [0.4, 0.5) is 29.1 Å². The third kappa shape index (κ3) is 2.84. The number of fused-ring (bicyclic) bond motifs is 1. The number of aromatic amines is 1. The van der Waals surface area contributed by atoms with Gasteiger partial charge in [-0.25, -0.2) is 4.39 Å². The van der Waals surface area contributed by atoms with Crippen LogP contribution >= 0.6 is 0 Å². The molecule has 3 rings (SSSR count). The fourth-order valence-electron chi connectivity index (χ4n) is 2.12. The second-order valence-electron chi connectivity index (χ2n) is 4.62. The molecule has 0 saturated carbocycles. The van der Waals surface area contributed by atoms with Gasteiger partial charge in [0.25, 0.3) is 0 Å². The fraction of sp³-hybridized carbons (Fsp3) is 0.0667. The van der Waals surface area contributed by atoms with Crippen LogP contribution < -0.4 is 5.32 Å². The molecule has 0 atom stereocenters. The molecule has 1 aromatic heterocycles. The minimum atomic E-state index is -4.58. The highest BCUT2D eigenvalue weighted by molar-refractivity contribution is 5.84. The third-order valence-corrected chi connectivity index (χ3v) is 3.03. The maximum absolute atomic E-state index is 13.3. The largest absolute Gasteiger partial charge is 0.416 e. The number of alkyl halides is 3. The highest BCUT2D eigenvalue weighted by Gasteiger charge is 2.31. The quantitative estimate of drug-likeness (QED) is 0.634. The third-order valence-electron chi connectivity index (χ3n) is 3.03. The summed E-state index contributed by atoms with van der Waals surface area (Å²) in [5.41, 5.74) is -0.151. The van der Waals surface area contributed by atoms with Crippen LogP contribution in [-0.4, -0.2) is 4.98 Å². The zero-order chi connectivity index (χ0) is 15.0. The summed E-state index contributed by atoms with van der Waals surface area (Å²) in [6, 6.07) is 11.5. The molecular formula is C15H10F4N2. The zero-order valence-corrected chi connectivity index (χ0v) is 10.6. The molecule has 0 unspecified atom stereocenters. The molecule has 1 heterocycles. The lowest BCUT2D eigenvalue weighted by Crippen LogP contribution is -2.06. The van der Waals surface area contributed by atoms with Gasteiger partial charge in [0.05, 0.1) is 5.56 Å². The molecule has 0 aliphatic heterocycles. The first-order valence-electron chi connectivity index (χ1n) is 6.14. The van der Waals surface area contributed by atoms with E-state index in [-0.39, 0.29) is 5.69 Å². The summed E-state index contributed by atoms with van der Waals surface area (Å²) in [6.45, 7) is 0. The lowest BCUT2D eigenvalue weighted by Gasteiger charge is -2.10. The summed E-state index contributed by atoms with van der Waals surface area (Å²) >= 11 is 0. The van der Waals surface area contributed by atoms with E-state index in [1.807, 2.05) is 24.3 Å². The van der Waals surface area contributed by atoms with Gasteiger partial charge in [0, 0.05) is 16.6 Å². The molecule has 6 heteroatoms. The van der Waals surface area contributed by atoms with Crippen molar-refractivity contribution >= 4 is 22.4 Å². The molecule has 0 bridgehead atoms. The molecule has 2 N–H and O–H groups in total. The van der Waals surface area contributed by atoms with Crippen LogP contribution in [0.3, 0.4) is 0 Å². The smallest absolute Gasteiger partial charge is 0.342 e. The number of hydrogen-bond acceptors (Lipinski definition) is 1. The van der Waals surface area contributed by atoms with Crippen LogP contribution in [0.5, 0.6) is 0 Å². The Kier molecular flexibility index (Phi) is 3.08. The highest BCUT2D eigenvalue weighted by atomic mass is 19.4. The second-order valence-corrected chi connectivity index (χ2v) is 4.62. The molecule has 0 fully saturated rings. The van der Waals surface area contributed by atoms with Crippen molar-refractivity contribution in [1.82, 2.24) is 4.98 Å². The first-order valence-corrected chi connectivity index (χ1v) is 6.14. The van der Waals surface area contributed by atoms with Gasteiger partial charge in [0.15, 0.2) is 0 Å². The molecule has 0 amide bonds. The number of aromatic nitrogens is 1. The van der Waals surface area contributed by atoms with E-state index in [4.69, 9.17) is 0 Å². The Hall–Kier alpha value is -2.50. The Morgan fingerprint density at radius 3 is 2.43 bits per heavy atom. The molecule has 21 heavy (non-hydrogen) atoms. The minimum absolute atomic E-state index is 0.0360. The van der Waals surface area contributed by atoms with E-state index in [1.54, 1.807) is 6.07 Å². The number of nitrogens with one attached hydrogen (secondary N) is 2. The fourth-order valence-corrected chi connectivity index (χ4v) is 2.12. The Bertz CT molecular complexity index is 757. The second kappa shape index (κ2) is 4.80. The van der Waals surface area contributed by atoms with E-state index < -0.39 is 17.6 Å². The number of rotatable bonds is 2. The molecular weight excluding hydrogens is 284 g/mol. The van der Waals surface area contributed by atoms with Gasteiger partial charge in [-0.05, 0) is 30.3 Å². The first kappa shape index (κ1) is 13.5. The first-order chi connectivity index (χ1) is 9.91. The maximum Gasteiger partial charge on any atom is 0.416 e. The maximum atomic E-state index is 13.3. The van der Waals surface area contributed by atoms with Crippen molar-refractivity contribution in [2.24, 2.45) is 0 Å². The lowest BCUT2D eigenvalue weighted by atomic mass is 10.2. The van der Waals surface area contributed by atoms with Gasteiger partial charge in [-0.1, -0.05) is 18.2 Å². The summed E-state index contributed by atoms with van der Waals surface area (Å²) in [6.07, 6.45) is -4.58. The monoisotopic (exact) mass is 294 g/mol. The molecule has 0 spiro atoms. The van der Waals surface area contributed by atoms with E-state index in [1.165, 1.54) is 0 Å². The van der Waals surface area contributed by atoms with Gasteiger partial charge in [0.1, 0.15) is 11.6 Å². The van der Waals surface area contributed by atoms with Crippen LogP contribution in [-0.2, 0) is 6.18 Å². The molecule has 2 nitrogen and oxygen atoms in total. The molecule has 3 aromatic rings. The summed E-state index contributed by atoms with van der Waals surface area (Å²) in [5, 5.41) is 3.66. The summed E-state index contributed by atoms with van der Waals surface area (Å²) in [7, 11) is 0. The van der Waals surface area contributed by atoms with Crippen molar-refractivity contribution in [2.75, 3.05) is 5.32 Å². The summed E-state index contributed by atoms with van der Waals surface area (Å²) < 4.78 is 51.3. The van der Waals surface area contributed by atoms with Crippen molar-refractivity contribution in [3.63, 3.8) is 0 Å². The predicted molar refractivity (Wildman–Crippen MR) is 73.0 cm³/mol. The highest BCUT2D eigenvalue weighted by Crippen LogP contribution is 2.32. The Balaban J connectivity index is 1.95. The Morgan fingerprint density at radius 2 is 1.71 bits per heavy atom. The van der Waals surface area contributed by atoms with Crippen LogP contribution in [0.15, 0.2) is 48.5 Å². The average Bonchev–Trinajstić information content (AvgIpc) is 2.79. The van der Waals surface area contributed by atoms with Crippen LogP contribution in [0, 0.1) is 5.82 Å². The van der Waals surface area contributed by atoms with E-state index in [2.05, 4.69) is 10.3 Å². The van der Waals surface area contributed by atoms with Gasteiger partial charge in [-0.2, -0.15) is 13.2 Å². The predicted octanol–water partition coefficient (Wildman–Crippen LogP) is 5.07. The SMILES string of the molecule is Fc1cc(Nc2cc3ccccc3[nH]2)cc(C(F)(F)F)c1. The number of anilines is 2. The molecule has 0 radical (unpaired) electrons. The van der Waals surface area contributed by atoms with Crippen LogP contribution in [0.1, 0.15) is 5.56 Å². The molecule has 0 saturated heterocycles. The van der Waals surface area contributed by atoms with Gasteiger partial charge < -0.3 is 10.3 Å². The molecule has 2 aromatic carbocycles. The van der Waals surface area contributed by atoms with Crippen molar-refractivity contribution in [3.8, 4) is 0 Å². The van der Waals surface area contributed by atoms with E-state index in [0.717, 1.165) is 23.0 Å². The van der Waals surface area contributed by atoms with Gasteiger partial charge >= 0.3 is 6.18 Å². The Labute approximate surface area is 117 Å². The van der Waals surface area contributed by atoms with Gasteiger partial charge in [0.2, 0.25) is 0 Å². The van der Waals surface area contributed by atoms with E-state index >= 15 is 0 Å². The van der Waals surface area contributed by atoms with Gasteiger partial charge in [-0.3, -0.25) is 0 Å². The molecule has 108 valence electrons. The Morgan fingerprint density at radius 1 is 0.952 bits per heavy atom. The zero-order valence-electron chi connectivity index (χ0n) is 10.6. The van der Waals surface area contributed by atoms with Crippen molar-refractivity contribution in [1.29, 1.82) is 0 Å². The normalized spacial score (nSPS) is 11.8. The van der Waals surface area contributed by atoms with E-state index in [0.29, 0.717) is 11.9 Å². The summed E-state index contributed by atoms with van der Waals surface area (Å²) in [4.78, 5) is 3.01. The number of halogens is 4. The lowest BCUT2D eigenvalue weighted by molar-refractivity contribution is -0.137. The standard InChI is InChI=1S/C15H10F4N2/c16-11-6-10(15(17,18)19)7-12(8-11)20-14-5-9-3-1-2-4-13(9)21-14/h1-8,20-21H. The number of H-pyrrole nitrogens is 1. The van der Waals surface area contributed by atoms with Crippen LogP contribution in [0.25, 0.3) is 10.9 Å². The minimum Gasteiger partial charge on any atom is -0.342 e. The van der Waals surface area contributed by atoms with Crippen molar-refractivity contribution in [3.05, 3.63) is 59.9 Å². The topological polar surface area (TPSA) is 27.8 Å². The van der Waals surface area contributed by atoms with Crippen LogP contribution in [0.2, 0.25) is 0 Å². The average molecular weight is 294 g/mol. The number of hydrogen-bond donors (Lipinski definition) is 2.